The Kier molecular flexibility index (Phi) is 4.02. The van der Waals surface area contributed by atoms with Crippen molar-refractivity contribution in [1.29, 1.82) is 0 Å². The van der Waals surface area contributed by atoms with E-state index in [0.717, 1.165) is 10.5 Å². The van der Waals surface area contributed by atoms with Gasteiger partial charge in [0.25, 0.3) is 5.91 Å². The molecule has 0 aliphatic carbocycles. The van der Waals surface area contributed by atoms with Gasteiger partial charge in [0.05, 0.1) is 6.61 Å². The summed E-state index contributed by atoms with van der Waals surface area (Å²) in [6.07, 6.45) is 0.352. The number of imide groups is 1. The van der Waals surface area contributed by atoms with Gasteiger partial charge in [-0.25, -0.2) is 4.79 Å². The quantitative estimate of drug-likeness (QED) is 0.666. The van der Waals surface area contributed by atoms with Crippen molar-refractivity contribution in [2.24, 2.45) is 0 Å². The molecule has 3 aromatic rings. The highest BCUT2D eigenvalue weighted by Crippen LogP contribution is 2.41. The summed E-state index contributed by atoms with van der Waals surface area (Å²) in [5, 5.41) is 7.37. The standard InChI is InChI=1S/C20H15ClN4O4/c21-13-7-5-12(6-8-13)17-22-16(29-24-17)11-25-18(26)20(23-19(25)27)9-10-28-15-4-2-1-3-14(15)20/h1-8H,9-11H2,(H,23,27)/t20-/m0/s1. The average molecular weight is 411 g/mol. The molecule has 1 N–H and O–H groups in total. The van der Waals surface area contributed by atoms with Gasteiger partial charge in [-0.15, -0.1) is 0 Å². The molecule has 146 valence electrons. The largest absolute Gasteiger partial charge is 0.493 e. The second-order valence-electron chi connectivity index (χ2n) is 6.84. The Hall–Kier alpha value is -3.39. The molecule has 1 saturated heterocycles. The first-order chi connectivity index (χ1) is 14.1. The van der Waals surface area contributed by atoms with Crippen LogP contribution in [0.4, 0.5) is 4.79 Å². The van der Waals surface area contributed by atoms with Crippen LogP contribution in [-0.4, -0.2) is 33.6 Å². The van der Waals surface area contributed by atoms with Crippen LogP contribution in [-0.2, 0) is 16.9 Å². The molecule has 2 aromatic carbocycles. The molecule has 2 aliphatic heterocycles. The predicted octanol–water partition coefficient (Wildman–Crippen LogP) is 3.12. The van der Waals surface area contributed by atoms with E-state index < -0.39 is 11.6 Å². The Balaban J connectivity index is 1.42. The van der Waals surface area contributed by atoms with Gasteiger partial charge < -0.3 is 14.6 Å². The molecule has 1 aromatic heterocycles. The number of halogens is 1. The second-order valence-corrected chi connectivity index (χ2v) is 7.28. The zero-order chi connectivity index (χ0) is 20.0. The lowest BCUT2D eigenvalue weighted by molar-refractivity contribution is -0.133. The van der Waals surface area contributed by atoms with Crippen molar-refractivity contribution in [3.05, 3.63) is 65.0 Å². The average Bonchev–Trinajstić information content (AvgIpc) is 3.29. The molecule has 1 fully saturated rings. The van der Waals surface area contributed by atoms with Gasteiger partial charge in [-0.2, -0.15) is 4.98 Å². The summed E-state index contributed by atoms with van der Waals surface area (Å²) in [5.41, 5.74) is 0.237. The Morgan fingerprint density at radius 3 is 2.76 bits per heavy atom. The number of amides is 3. The number of aromatic nitrogens is 2. The molecular formula is C20H15ClN4O4. The summed E-state index contributed by atoms with van der Waals surface area (Å²) in [7, 11) is 0. The highest BCUT2D eigenvalue weighted by Gasteiger charge is 2.55. The van der Waals surface area contributed by atoms with Crippen LogP contribution < -0.4 is 10.1 Å². The molecule has 3 heterocycles. The maximum Gasteiger partial charge on any atom is 0.325 e. The van der Waals surface area contributed by atoms with Gasteiger partial charge in [-0.05, 0) is 30.3 Å². The molecule has 1 spiro atoms. The molecule has 5 rings (SSSR count). The number of urea groups is 1. The first kappa shape index (κ1) is 17.7. The maximum atomic E-state index is 13.3. The van der Waals surface area contributed by atoms with E-state index in [1.165, 1.54) is 0 Å². The number of nitrogens with zero attached hydrogens (tertiary/aromatic N) is 3. The highest BCUT2D eigenvalue weighted by atomic mass is 35.5. The van der Waals surface area contributed by atoms with E-state index in [2.05, 4.69) is 15.5 Å². The summed E-state index contributed by atoms with van der Waals surface area (Å²) in [4.78, 5) is 31.3. The molecule has 0 bridgehead atoms. The van der Waals surface area contributed by atoms with Crippen molar-refractivity contribution in [1.82, 2.24) is 20.4 Å². The van der Waals surface area contributed by atoms with Gasteiger partial charge in [0.2, 0.25) is 11.7 Å². The lowest BCUT2D eigenvalue weighted by atomic mass is 9.84. The van der Waals surface area contributed by atoms with Gasteiger partial charge in [0, 0.05) is 22.6 Å². The number of para-hydroxylation sites is 1. The van der Waals surface area contributed by atoms with Crippen molar-refractivity contribution < 1.29 is 18.8 Å². The molecule has 0 saturated carbocycles. The number of hydrogen-bond acceptors (Lipinski definition) is 6. The zero-order valence-corrected chi connectivity index (χ0v) is 15.8. The van der Waals surface area contributed by atoms with E-state index in [9.17, 15) is 9.59 Å². The van der Waals surface area contributed by atoms with Crippen molar-refractivity contribution in [2.45, 2.75) is 18.5 Å². The Morgan fingerprint density at radius 2 is 1.93 bits per heavy atom. The van der Waals surface area contributed by atoms with Crippen LogP contribution in [0.25, 0.3) is 11.4 Å². The lowest BCUT2D eigenvalue weighted by Crippen LogP contribution is -2.47. The molecule has 8 nitrogen and oxygen atoms in total. The first-order valence-electron chi connectivity index (χ1n) is 9.02. The van der Waals surface area contributed by atoms with E-state index >= 15 is 0 Å². The van der Waals surface area contributed by atoms with Gasteiger partial charge in [0.15, 0.2) is 5.54 Å². The van der Waals surface area contributed by atoms with Crippen LogP contribution in [0.2, 0.25) is 5.02 Å². The molecule has 0 unspecified atom stereocenters. The molecule has 9 heteroatoms. The summed E-state index contributed by atoms with van der Waals surface area (Å²) < 4.78 is 10.9. The number of benzene rings is 2. The summed E-state index contributed by atoms with van der Waals surface area (Å²) in [6, 6.07) is 13.7. The first-order valence-corrected chi connectivity index (χ1v) is 9.39. The predicted molar refractivity (Wildman–Crippen MR) is 102 cm³/mol. The minimum atomic E-state index is -1.13. The van der Waals surface area contributed by atoms with E-state index in [1.54, 1.807) is 36.4 Å². The number of hydrogen-bond donors (Lipinski definition) is 1. The van der Waals surface area contributed by atoms with Crippen LogP contribution in [0.15, 0.2) is 53.1 Å². The normalized spacial score (nSPS) is 20.5. The van der Waals surface area contributed by atoms with Crippen LogP contribution in [0.5, 0.6) is 5.75 Å². The molecule has 29 heavy (non-hydrogen) atoms. The minimum Gasteiger partial charge on any atom is -0.493 e. The van der Waals surface area contributed by atoms with Crippen molar-refractivity contribution in [3.63, 3.8) is 0 Å². The maximum absolute atomic E-state index is 13.3. The molecule has 1 atom stereocenters. The third-order valence-electron chi connectivity index (χ3n) is 5.12. The monoisotopic (exact) mass is 410 g/mol. The molecule has 3 amide bonds. The van der Waals surface area contributed by atoms with Crippen LogP contribution in [0.1, 0.15) is 17.9 Å². The fourth-order valence-electron chi connectivity index (χ4n) is 3.69. The third kappa shape index (κ3) is 2.84. The zero-order valence-electron chi connectivity index (χ0n) is 15.1. The van der Waals surface area contributed by atoms with Crippen molar-refractivity contribution >= 4 is 23.5 Å². The Labute approximate surface area is 170 Å². The Morgan fingerprint density at radius 1 is 1.14 bits per heavy atom. The van der Waals surface area contributed by atoms with Gasteiger partial charge in [-0.1, -0.05) is 35.0 Å². The molecule has 2 aliphatic rings. The number of rotatable bonds is 3. The van der Waals surface area contributed by atoms with Crippen LogP contribution >= 0.6 is 11.6 Å². The number of ether oxygens (including phenoxy) is 1. The summed E-state index contributed by atoms with van der Waals surface area (Å²) in [5.74, 6) is 0.757. The fourth-order valence-corrected chi connectivity index (χ4v) is 3.81. The van der Waals surface area contributed by atoms with Gasteiger partial charge in [0.1, 0.15) is 12.3 Å². The number of nitrogens with one attached hydrogen (secondary N) is 1. The highest BCUT2D eigenvalue weighted by molar-refractivity contribution is 6.30. The van der Waals surface area contributed by atoms with Crippen molar-refractivity contribution in [2.75, 3.05) is 6.61 Å². The van der Waals surface area contributed by atoms with Gasteiger partial charge in [-0.3, -0.25) is 9.69 Å². The van der Waals surface area contributed by atoms with Crippen LogP contribution in [0, 0.1) is 0 Å². The van der Waals surface area contributed by atoms with Crippen molar-refractivity contribution in [3.8, 4) is 17.1 Å². The number of fused-ring (bicyclic) bond motifs is 2. The SMILES string of the molecule is O=C1N[C@]2(CCOc3ccccc32)C(=O)N1Cc1nc(-c2ccc(Cl)cc2)no1. The number of carbonyl (C=O) groups is 2. The van der Waals surface area contributed by atoms with E-state index in [-0.39, 0.29) is 18.3 Å². The van der Waals surface area contributed by atoms with E-state index in [4.69, 9.17) is 20.9 Å². The topological polar surface area (TPSA) is 97.6 Å². The minimum absolute atomic E-state index is 0.115. The number of carbonyl (C=O) groups excluding carboxylic acids is 2. The molecule has 0 radical (unpaired) electrons. The smallest absolute Gasteiger partial charge is 0.325 e. The second kappa shape index (κ2) is 6.59. The van der Waals surface area contributed by atoms with E-state index in [1.807, 2.05) is 12.1 Å². The summed E-state index contributed by atoms with van der Waals surface area (Å²) >= 11 is 5.89. The van der Waals surface area contributed by atoms with E-state index in [0.29, 0.717) is 35.2 Å². The van der Waals surface area contributed by atoms with Gasteiger partial charge >= 0.3 is 6.03 Å². The van der Waals surface area contributed by atoms with Crippen LogP contribution in [0.3, 0.4) is 0 Å². The Bertz CT molecular complexity index is 1110. The lowest BCUT2D eigenvalue weighted by Gasteiger charge is -2.33. The molecular weight excluding hydrogens is 396 g/mol. The fraction of sp³-hybridized carbons (Fsp3) is 0.200. The summed E-state index contributed by atoms with van der Waals surface area (Å²) in [6.45, 7) is 0.216. The third-order valence-corrected chi connectivity index (χ3v) is 5.37.